The minimum Gasteiger partial charge on any atom is -0.399 e. The summed E-state index contributed by atoms with van der Waals surface area (Å²) in [6.45, 7) is 4.28. The number of nitrogens with two attached hydrogens (primary N) is 1. The van der Waals surface area contributed by atoms with Gasteiger partial charge in [-0.05, 0) is 49.2 Å². The van der Waals surface area contributed by atoms with Crippen molar-refractivity contribution in [3.05, 3.63) is 64.7 Å². The molecule has 2 aromatic carbocycles. The van der Waals surface area contributed by atoms with E-state index in [2.05, 4.69) is 5.32 Å². The van der Waals surface area contributed by atoms with Crippen molar-refractivity contribution in [3.63, 3.8) is 0 Å². The van der Waals surface area contributed by atoms with Crippen LogP contribution in [0.25, 0.3) is 0 Å². The monoisotopic (exact) mass is 302 g/mol. The first-order chi connectivity index (χ1) is 9.89. The van der Waals surface area contributed by atoms with Gasteiger partial charge in [0.25, 0.3) is 0 Å². The van der Waals surface area contributed by atoms with Crippen molar-refractivity contribution < 1.29 is 4.79 Å². The van der Waals surface area contributed by atoms with Gasteiger partial charge in [0.05, 0.1) is 5.41 Å². The van der Waals surface area contributed by atoms with Gasteiger partial charge in [0.2, 0.25) is 5.91 Å². The molecule has 21 heavy (non-hydrogen) atoms. The van der Waals surface area contributed by atoms with Crippen molar-refractivity contribution in [1.29, 1.82) is 0 Å². The third-order valence-corrected chi connectivity index (χ3v) is 3.82. The van der Waals surface area contributed by atoms with Crippen LogP contribution in [0.3, 0.4) is 0 Å². The molecule has 0 bridgehead atoms. The molecule has 0 aliphatic rings. The molecule has 1 amide bonds. The Hall–Kier alpha value is -2.00. The summed E-state index contributed by atoms with van der Waals surface area (Å²) in [5.41, 5.74) is 7.71. The highest BCUT2D eigenvalue weighted by atomic mass is 35.5. The molecular formula is C17H19ClN2O. The molecule has 0 radical (unpaired) electrons. The van der Waals surface area contributed by atoms with Crippen LogP contribution in [-0.4, -0.2) is 5.91 Å². The molecule has 0 unspecified atom stereocenters. The number of halogens is 1. The van der Waals surface area contributed by atoms with Crippen molar-refractivity contribution in [2.75, 3.05) is 5.73 Å². The smallest absolute Gasteiger partial charge is 0.230 e. The molecule has 0 aliphatic carbocycles. The summed E-state index contributed by atoms with van der Waals surface area (Å²) in [6.07, 6.45) is 0. The van der Waals surface area contributed by atoms with Gasteiger partial charge in [-0.25, -0.2) is 0 Å². The Balaban J connectivity index is 2.04. The van der Waals surface area contributed by atoms with Crippen LogP contribution in [0.5, 0.6) is 0 Å². The number of anilines is 1. The Morgan fingerprint density at radius 1 is 1.10 bits per heavy atom. The lowest BCUT2D eigenvalue weighted by molar-refractivity contribution is -0.125. The Morgan fingerprint density at radius 3 is 2.24 bits per heavy atom. The SMILES string of the molecule is CC(C)(C(=O)NCc1ccc(Cl)cc1)c1ccc(N)cc1. The summed E-state index contributed by atoms with van der Waals surface area (Å²) in [7, 11) is 0. The summed E-state index contributed by atoms with van der Waals surface area (Å²) in [5, 5.41) is 3.65. The van der Waals surface area contributed by atoms with Gasteiger partial charge in [0, 0.05) is 17.3 Å². The average molecular weight is 303 g/mol. The number of nitrogen functional groups attached to an aromatic ring is 1. The maximum absolute atomic E-state index is 12.4. The first kappa shape index (κ1) is 15.4. The zero-order valence-corrected chi connectivity index (χ0v) is 12.9. The van der Waals surface area contributed by atoms with Crippen LogP contribution >= 0.6 is 11.6 Å². The average Bonchev–Trinajstić information content (AvgIpc) is 2.46. The second kappa shape index (κ2) is 6.19. The standard InChI is InChI=1S/C17H19ClN2O/c1-17(2,13-5-9-15(19)10-6-13)16(21)20-11-12-3-7-14(18)8-4-12/h3-10H,11,19H2,1-2H3,(H,20,21). The molecule has 0 saturated heterocycles. The predicted molar refractivity (Wildman–Crippen MR) is 87.2 cm³/mol. The summed E-state index contributed by atoms with van der Waals surface area (Å²) in [6, 6.07) is 14.8. The maximum atomic E-state index is 12.4. The van der Waals surface area contributed by atoms with Gasteiger partial charge in [-0.2, -0.15) is 0 Å². The van der Waals surface area contributed by atoms with Crippen molar-refractivity contribution in [3.8, 4) is 0 Å². The van der Waals surface area contributed by atoms with Crippen LogP contribution in [0.4, 0.5) is 5.69 Å². The number of nitrogens with one attached hydrogen (secondary N) is 1. The zero-order chi connectivity index (χ0) is 15.5. The van der Waals surface area contributed by atoms with E-state index in [0.29, 0.717) is 17.3 Å². The predicted octanol–water partition coefficient (Wildman–Crippen LogP) is 3.52. The lowest BCUT2D eigenvalue weighted by Crippen LogP contribution is -2.39. The number of rotatable bonds is 4. The van der Waals surface area contributed by atoms with Gasteiger partial charge in [-0.3, -0.25) is 4.79 Å². The molecule has 110 valence electrons. The minimum absolute atomic E-state index is 0.0257. The fourth-order valence-electron chi connectivity index (χ4n) is 2.04. The molecule has 0 saturated carbocycles. The van der Waals surface area contributed by atoms with Crippen LogP contribution in [0.2, 0.25) is 5.02 Å². The lowest BCUT2D eigenvalue weighted by Gasteiger charge is -2.24. The number of hydrogen-bond acceptors (Lipinski definition) is 2. The summed E-state index contributed by atoms with van der Waals surface area (Å²) in [4.78, 5) is 12.4. The fourth-order valence-corrected chi connectivity index (χ4v) is 2.16. The van der Waals surface area contributed by atoms with Crippen molar-refractivity contribution in [1.82, 2.24) is 5.32 Å². The summed E-state index contributed by atoms with van der Waals surface area (Å²) >= 11 is 5.84. The van der Waals surface area contributed by atoms with Gasteiger partial charge < -0.3 is 11.1 Å². The molecule has 2 aromatic rings. The van der Waals surface area contributed by atoms with Crippen LogP contribution in [0.15, 0.2) is 48.5 Å². The topological polar surface area (TPSA) is 55.1 Å². The number of carbonyl (C=O) groups excluding carboxylic acids is 1. The number of carbonyl (C=O) groups is 1. The Kier molecular flexibility index (Phi) is 4.53. The first-order valence-electron chi connectivity index (χ1n) is 6.78. The third kappa shape index (κ3) is 3.76. The molecule has 4 heteroatoms. The molecule has 3 nitrogen and oxygen atoms in total. The molecule has 3 N–H and O–H groups in total. The Bertz CT molecular complexity index is 618. The molecule has 0 fully saturated rings. The van der Waals surface area contributed by atoms with E-state index in [4.69, 9.17) is 17.3 Å². The fraction of sp³-hybridized carbons (Fsp3) is 0.235. The zero-order valence-electron chi connectivity index (χ0n) is 12.2. The molecule has 2 rings (SSSR count). The van der Waals surface area contributed by atoms with E-state index < -0.39 is 5.41 Å². The summed E-state index contributed by atoms with van der Waals surface area (Å²) in [5.74, 6) is -0.0257. The van der Waals surface area contributed by atoms with Gasteiger partial charge in [-0.15, -0.1) is 0 Å². The first-order valence-corrected chi connectivity index (χ1v) is 7.16. The van der Waals surface area contributed by atoms with Crippen molar-refractivity contribution in [2.24, 2.45) is 0 Å². The van der Waals surface area contributed by atoms with Crippen molar-refractivity contribution in [2.45, 2.75) is 25.8 Å². The van der Waals surface area contributed by atoms with Crippen LogP contribution in [-0.2, 0) is 16.8 Å². The quantitative estimate of drug-likeness (QED) is 0.849. The molecule has 0 aliphatic heterocycles. The normalized spacial score (nSPS) is 11.2. The van der Waals surface area contributed by atoms with E-state index in [1.807, 2.05) is 62.4 Å². The van der Waals surface area contributed by atoms with Crippen molar-refractivity contribution >= 4 is 23.2 Å². The highest BCUT2D eigenvalue weighted by Gasteiger charge is 2.29. The highest BCUT2D eigenvalue weighted by molar-refractivity contribution is 6.30. The molecule has 0 aromatic heterocycles. The van der Waals surface area contributed by atoms with E-state index >= 15 is 0 Å². The van der Waals surface area contributed by atoms with E-state index in [9.17, 15) is 4.79 Å². The van der Waals surface area contributed by atoms with E-state index in [0.717, 1.165) is 11.1 Å². The van der Waals surface area contributed by atoms with Crippen LogP contribution in [0.1, 0.15) is 25.0 Å². The van der Waals surface area contributed by atoms with E-state index in [1.54, 1.807) is 0 Å². The summed E-state index contributed by atoms with van der Waals surface area (Å²) < 4.78 is 0. The second-order valence-electron chi connectivity index (χ2n) is 5.56. The largest absolute Gasteiger partial charge is 0.399 e. The molecule has 0 spiro atoms. The van der Waals surface area contributed by atoms with E-state index in [-0.39, 0.29) is 5.91 Å². The molecular weight excluding hydrogens is 284 g/mol. The van der Waals surface area contributed by atoms with Gasteiger partial charge in [-0.1, -0.05) is 35.9 Å². The molecule has 0 heterocycles. The molecule has 0 atom stereocenters. The highest BCUT2D eigenvalue weighted by Crippen LogP contribution is 2.24. The third-order valence-electron chi connectivity index (χ3n) is 3.57. The Morgan fingerprint density at radius 2 is 1.67 bits per heavy atom. The maximum Gasteiger partial charge on any atom is 0.230 e. The number of benzene rings is 2. The van der Waals surface area contributed by atoms with Gasteiger partial charge >= 0.3 is 0 Å². The Labute approximate surface area is 130 Å². The van der Waals surface area contributed by atoms with E-state index in [1.165, 1.54) is 0 Å². The van der Waals surface area contributed by atoms with Crippen LogP contribution in [0, 0.1) is 0 Å². The number of hydrogen-bond donors (Lipinski definition) is 2. The second-order valence-corrected chi connectivity index (χ2v) is 5.99. The van der Waals surface area contributed by atoms with Gasteiger partial charge in [0.1, 0.15) is 0 Å². The van der Waals surface area contributed by atoms with Gasteiger partial charge in [0.15, 0.2) is 0 Å². The van der Waals surface area contributed by atoms with Crippen LogP contribution < -0.4 is 11.1 Å². The number of amides is 1. The lowest BCUT2D eigenvalue weighted by atomic mass is 9.83. The minimum atomic E-state index is -0.611.